The molecular weight excluding hydrogens is 533 g/mol. The summed E-state index contributed by atoms with van der Waals surface area (Å²) < 4.78 is 5.21. The second-order valence-corrected chi connectivity index (χ2v) is 13.4. The number of benzene rings is 1. The van der Waals surface area contributed by atoms with Crippen LogP contribution in [0.4, 0.5) is 0 Å². The van der Waals surface area contributed by atoms with E-state index in [1.165, 1.54) is 0 Å². The van der Waals surface area contributed by atoms with Gasteiger partial charge in [-0.1, -0.05) is 0 Å². The van der Waals surface area contributed by atoms with Gasteiger partial charge >= 0.3 is 210 Å². The number of hydrogen-bond acceptors (Lipinski definition) is 5. The summed E-state index contributed by atoms with van der Waals surface area (Å²) in [6.07, 6.45) is 5.27. The van der Waals surface area contributed by atoms with Crippen molar-refractivity contribution in [2.45, 2.75) is 62.3 Å². The predicted molar refractivity (Wildman–Crippen MR) is 145 cm³/mol. The van der Waals surface area contributed by atoms with Crippen molar-refractivity contribution >= 4 is 33.5 Å². The third kappa shape index (κ3) is 10.3. The van der Waals surface area contributed by atoms with Gasteiger partial charge in [-0.3, -0.25) is 0 Å². The Morgan fingerprint density at radius 1 is 1.22 bits per heavy atom. The van der Waals surface area contributed by atoms with Gasteiger partial charge in [0.05, 0.1) is 0 Å². The van der Waals surface area contributed by atoms with Gasteiger partial charge in [0.2, 0.25) is 0 Å². The number of nitrogens with one attached hydrogen (secondary N) is 2. The van der Waals surface area contributed by atoms with Crippen molar-refractivity contribution in [2.24, 2.45) is 17.8 Å². The van der Waals surface area contributed by atoms with Crippen molar-refractivity contribution in [3.63, 3.8) is 0 Å². The quantitative estimate of drug-likeness (QED) is 0.312. The number of hydrogen-bond donors (Lipinski definition) is 3. The molecule has 0 bridgehead atoms. The average Bonchev–Trinajstić information content (AvgIpc) is 2.91. The molecule has 1 aromatic rings. The molecule has 8 nitrogen and oxygen atoms in total. The summed E-state index contributed by atoms with van der Waals surface area (Å²) in [6.45, 7) is 8.18. The average molecular weight is 577 g/mol. The van der Waals surface area contributed by atoms with Gasteiger partial charge in [-0.2, -0.15) is 0 Å². The summed E-state index contributed by atoms with van der Waals surface area (Å²) in [7, 11) is 0. The third-order valence-electron chi connectivity index (χ3n) is 7.10. The van der Waals surface area contributed by atoms with Gasteiger partial charge in [-0.15, -0.1) is 0 Å². The molecule has 3 rings (SSSR count). The van der Waals surface area contributed by atoms with Crippen LogP contribution in [0, 0.1) is 17.8 Å². The van der Waals surface area contributed by atoms with E-state index in [0.717, 1.165) is 56.5 Å². The molecule has 0 aromatic heterocycles. The molecule has 2 amide bonds. The Morgan fingerprint density at radius 3 is 2.73 bits per heavy atom. The Morgan fingerprint density at radius 2 is 2.00 bits per heavy atom. The number of likely N-dealkylation sites (tertiary alicyclic amines) is 1. The fourth-order valence-corrected chi connectivity index (χ4v) is 6.96. The number of amides is 2. The second kappa shape index (κ2) is 15.4. The summed E-state index contributed by atoms with van der Waals surface area (Å²) in [6, 6.07) is 7.83. The molecule has 1 radical (unpaired) electrons. The van der Waals surface area contributed by atoms with E-state index in [1.807, 2.05) is 29.2 Å². The van der Waals surface area contributed by atoms with E-state index < -0.39 is 26.4 Å². The number of nitrogens with zero attached hydrogens (tertiary/aromatic N) is 1. The molecule has 1 unspecified atom stereocenters. The molecule has 1 aromatic carbocycles. The van der Waals surface area contributed by atoms with Crippen LogP contribution in [-0.2, 0) is 19.6 Å². The van der Waals surface area contributed by atoms with E-state index in [1.54, 1.807) is 0 Å². The Labute approximate surface area is 228 Å². The first-order valence-electron chi connectivity index (χ1n) is 13.7. The summed E-state index contributed by atoms with van der Waals surface area (Å²) >= 11 is -0.548. The van der Waals surface area contributed by atoms with E-state index in [2.05, 4.69) is 24.5 Å². The van der Waals surface area contributed by atoms with Crippen LogP contribution in [0.25, 0.3) is 0 Å². The van der Waals surface area contributed by atoms with Crippen LogP contribution < -0.4 is 15.4 Å². The SMILES string of the molecule is CC(C)COc1cccc(C[As]C(CNC(=O)[C@@H]2CCCN(C(=O)CCC3CCNCC3)C2)C(=O)O)c1. The van der Waals surface area contributed by atoms with Gasteiger partial charge in [-0.25, -0.2) is 0 Å². The zero-order valence-corrected chi connectivity index (χ0v) is 24.2. The molecule has 205 valence electrons. The second-order valence-electron chi connectivity index (χ2n) is 10.7. The van der Waals surface area contributed by atoms with E-state index in [0.29, 0.717) is 43.2 Å². The molecule has 9 heteroatoms. The molecular formula is C28H43AsN3O5. The van der Waals surface area contributed by atoms with Crippen molar-refractivity contribution < 1.29 is 24.2 Å². The van der Waals surface area contributed by atoms with Gasteiger partial charge < -0.3 is 5.32 Å². The molecule has 2 fully saturated rings. The molecule has 37 heavy (non-hydrogen) atoms. The van der Waals surface area contributed by atoms with Crippen LogP contribution in [0.1, 0.15) is 57.9 Å². The van der Waals surface area contributed by atoms with Gasteiger partial charge in [0.25, 0.3) is 0 Å². The van der Waals surface area contributed by atoms with Crippen molar-refractivity contribution in [3.8, 4) is 5.75 Å². The van der Waals surface area contributed by atoms with E-state index in [-0.39, 0.29) is 24.3 Å². The molecule has 0 aliphatic carbocycles. The number of carboxylic acids is 1. The Balaban J connectivity index is 1.43. The number of piperidine rings is 2. The number of carboxylic acid groups (broad SMARTS) is 1. The zero-order chi connectivity index (χ0) is 26.6. The molecule has 2 saturated heterocycles. The first-order chi connectivity index (χ1) is 17.8. The topological polar surface area (TPSA) is 108 Å². The van der Waals surface area contributed by atoms with E-state index in [4.69, 9.17) is 4.74 Å². The van der Waals surface area contributed by atoms with Gasteiger partial charge in [0, 0.05) is 0 Å². The minimum atomic E-state index is -0.870. The van der Waals surface area contributed by atoms with Gasteiger partial charge in [0.1, 0.15) is 0 Å². The zero-order valence-electron chi connectivity index (χ0n) is 22.3. The van der Waals surface area contributed by atoms with Crippen LogP contribution in [0.3, 0.4) is 0 Å². The molecule has 0 spiro atoms. The Hall–Kier alpha value is -2.05. The van der Waals surface area contributed by atoms with Crippen LogP contribution in [0.5, 0.6) is 5.75 Å². The molecule has 2 aliphatic heterocycles. The van der Waals surface area contributed by atoms with E-state index in [9.17, 15) is 19.5 Å². The molecule has 2 atom stereocenters. The fraction of sp³-hybridized carbons (Fsp3) is 0.679. The first kappa shape index (κ1) is 29.5. The molecule has 0 saturated carbocycles. The number of ether oxygens (including phenoxy) is 1. The minimum absolute atomic E-state index is 0.132. The predicted octanol–water partition coefficient (Wildman–Crippen LogP) is 2.93. The summed E-state index contributed by atoms with van der Waals surface area (Å²) in [5.41, 5.74) is 1.06. The standard InChI is InChI=1S/C28H43AsN3O5/c1-20(2)19-37-24-7-3-5-22(15-24)16-29-25(28(35)36)17-31-27(34)23-6-4-14-32(18-23)26(33)9-8-21-10-12-30-13-11-21/h3,5,7,15,20-21,23,25,30H,4,6,8-14,16-19H2,1-2H3,(H,31,34)(H,35,36)/t23-,25?/m1/s1. The number of aliphatic carboxylic acids is 1. The maximum absolute atomic E-state index is 12.9. The number of carbonyl (C=O) groups excluding carboxylic acids is 2. The molecule has 2 heterocycles. The summed E-state index contributed by atoms with van der Waals surface area (Å²) in [5, 5.41) is 16.7. The van der Waals surface area contributed by atoms with Crippen LogP contribution >= 0.6 is 0 Å². The Kier molecular flexibility index (Phi) is 12.3. The van der Waals surface area contributed by atoms with Crippen molar-refractivity contribution in [1.82, 2.24) is 15.5 Å². The first-order valence-corrected chi connectivity index (χ1v) is 16.1. The molecule has 3 N–H and O–H groups in total. The van der Waals surface area contributed by atoms with Crippen molar-refractivity contribution in [2.75, 3.05) is 39.3 Å². The summed E-state index contributed by atoms with van der Waals surface area (Å²) in [4.78, 5) is 39.4. The van der Waals surface area contributed by atoms with Crippen LogP contribution in [0.15, 0.2) is 24.3 Å². The van der Waals surface area contributed by atoms with Gasteiger partial charge in [-0.05, 0) is 13.1 Å². The third-order valence-corrected chi connectivity index (χ3v) is 10.0. The fourth-order valence-electron chi connectivity index (χ4n) is 4.86. The van der Waals surface area contributed by atoms with Crippen LogP contribution in [0.2, 0.25) is 4.71 Å². The van der Waals surface area contributed by atoms with Crippen molar-refractivity contribution in [3.05, 3.63) is 29.8 Å². The Bertz CT molecular complexity index is 890. The normalized spacial score (nSPS) is 19.8. The summed E-state index contributed by atoms with van der Waals surface area (Å²) in [5.74, 6) is 0.725. The maximum atomic E-state index is 12.9. The van der Waals surface area contributed by atoms with Crippen molar-refractivity contribution in [1.29, 1.82) is 0 Å². The molecule has 2 aliphatic rings. The van der Waals surface area contributed by atoms with Crippen LogP contribution in [-0.4, -0.2) is 82.9 Å². The van der Waals surface area contributed by atoms with Gasteiger partial charge in [0.15, 0.2) is 0 Å². The number of carbonyl (C=O) groups is 3. The number of rotatable bonds is 13. The van der Waals surface area contributed by atoms with E-state index >= 15 is 0 Å². The monoisotopic (exact) mass is 576 g/mol.